The zero-order valence-electron chi connectivity index (χ0n) is 9.54. The van der Waals surface area contributed by atoms with Crippen LogP contribution in [0.1, 0.15) is 18.5 Å². The largest absolute Gasteiger partial charge is 0.481 e. The second kappa shape index (κ2) is 4.81. The molecule has 1 aromatic heterocycles. The SMILES string of the molecule is O=C(O)CC1(O)CCN(Cc2ccccn2)C1. The first-order chi connectivity index (χ1) is 8.07. The summed E-state index contributed by atoms with van der Waals surface area (Å²) in [7, 11) is 0. The van der Waals surface area contributed by atoms with E-state index in [1.807, 2.05) is 23.1 Å². The molecule has 1 fully saturated rings. The van der Waals surface area contributed by atoms with E-state index in [4.69, 9.17) is 5.11 Å². The van der Waals surface area contributed by atoms with Gasteiger partial charge in [-0.2, -0.15) is 0 Å². The third kappa shape index (κ3) is 3.25. The molecule has 0 aliphatic carbocycles. The van der Waals surface area contributed by atoms with Gasteiger partial charge in [0.15, 0.2) is 0 Å². The Bertz CT molecular complexity index is 396. The maximum Gasteiger partial charge on any atom is 0.306 e. The Morgan fingerprint density at radius 3 is 3.00 bits per heavy atom. The molecular weight excluding hydrogens is 220 g/mol. The molecular formula is C12H16N2O3. The van der Waals surface area contributed by atoms with Gasteiger partial charge in [-0.3, -0.25) is 14.7 Å². The summed E-state index contributed by atoms with van der Waals surface area (Å²) in [5.41, 5.74) is -0.146. The van der Waals surface area contributed by atoms with Crippen LogP contribution in [0.2, 0.25) is 0 Å². The van der Waals surface area contributed by atoms with E-state index in [0.29, 0.717) is 26.1 Å². The predicted molar refractivity (Wildman–Crippen MR) is 61.3 cm³/mol. The maximum atomic E-state index is 10.6. The first-order valence-corrected chi connectivity index (χ1v) is 5.64. The number of carbonyl (C=O) groups is 1. The first kappa shape index (κ1) is 12.0. The third-order valence-corrected chi connectivity index (χ3v) is 3.00. The van der Waals surface area contributed by atoms with E-state index in [0.717, 1.165) is 5.69 Å². The number of carboxylic acid groups (broad SMARTS) is 1. The molecule has 0 radical (unpaired) electrons. The van der Waals surface area contributed by atoms with Crippen LogP contribution in [0, 0.1) is 0 Å². The third-order valence-electron chi connectivity index (χ3n) is 3.00. The molecule has 5 nitrogen and oxygen atoms in total. The quantitative estimate of drug-likeness (QED) is 0.796. The standard InChI is InChI=1S/C12H16N2O3/c15-11(16)7-12(17)4-6-14(9-12)8-10-3-1-2-5-13-10/h1-3,5,17H,4,6-9H2,(H,15,16). The zero-order chi connectivity index (χ0) is 12.3. The van der Waals surface area contributed by atoms with Crippen LogP contribution in [0.3, 0.4) is 0 Å². The van der Waals surface area contributed by atoms with Crippen molar-refractivity contribution >= 4 is 5.97 Å². The molecule has 0 saturated carbocycles. The molecule has 2 rings (SSSR count). The van der Waals surface area contributed by atoms with E-state index in [2.05, 4.69) is 4.98 Å². The number of aliphatic carboxylic acids is 1. The Hall–Kier alpha value is -1.46. The average Bonchev–Trinajstić information content (AvgIpc) is 2.60. The number of hydrogen-bond acceptors (Lipinski definition) is 4. The molecule has 1 unspecified atom stereocenters. The lowest BCUT2D eigenvalue weighted by molar-refractivity contribution is -0.142. The number of rotatable bonds is 4. The van der Waals surface area contributed by atoms with E-state index < -0.39 is 11.6 Å². The van der Waals surface area contributed by atoms with Crippen molar-refractivity contribution in [2.45, 2.75) is 25.0 Å². The molecule has 0 amide bonds. The van der Waals surface area contributed by atoms with Crippen LogP contribution in [0.15, 0.2) is 24.4 Å². The molecule has 1 saturated heterocycles. The topological polar surface area (TPSA) is 73.7 Å². The fourth-order valence-corrected chi connectivity index (χ4v) is 2.22. The van der Waals surface area contributed by atoms with Crippen molar-refractivity contribution in [2.24, 2.45) is 0 Å². The smallest absolute Gasteiger partial charge is 0.306 e. The summed E-state index contributed by atoms with van der Waals surface area (Å²) >= 11 is 0. The predicted octanol–water partition coefficient (Wildman–Crippen LogP) is 0.493. The maximum absolute atomic E-state index is 10.6. The lowest BCUT2D eigenvalue weighted by atomic mass is 9.99. The van der Waals surface area contributed by atoms with Gasteiger partial charge in [0.25, 0.3) is 0 Å². The highest BCUT2D eigenvalue weighted by Gasteiger charge is 2.37. The van der Waals surface area contributed by atoms with E-state index in [1.54, 1.807) is 6.20 Å². The minimum absolute atomic E-state index is 0.189. The van der Waals surface area contributed by atoms with Crippen LogP contribution in [0.5, 0.6) is 0 Å². The minimum atomic E-state index is -1.08. The Kier molecular flexibility index (Phi) is 3.40. The molecule has 0 spiro atoms. The van der Waals surface area contributed by atoms with Crippen LogP contribution in [0.25, 0.3) is 0 Å². The highest BCUT2D eigenvalue weighted by atomic mass is 16.4. The summed E-state index contributed by atoms with van der Waals surface area (Å²) in [6.07, 6.45) is 2.05. The number of aliphatic hydroxyl groups is 1. The van der Waals surface area contributed by atoms with Crippen molar-refractivity contribution in [1.82, 2.24) is 9.88 Å². The van der Waals surface area contributed by atoms with Gasteiger partial charge in [0.2, 0.25) is 0 Å². The van der Waals surface area contributed by atoms with Gasteiger partial charge in [0.05, 0.1) is 17.7 Å². The molecule has 2 heterocycles. The van der Waals surface area contributed by atoms with Gasteiger partial charge in [-0.25, -0.2) is 0 Å². The molecule has 92 valence electrons. The van der Waals surface area contributed by atoms with E-state index in [9.17, 15) is 9.90 Å². The van der Waals surface area contributed by atoms with Gasteiger partial charge in [0, 0.05) is 25.8 Å². The van der Waals surface area contributed by atoms with Crippen molar-refractivity contribution in [1.29, 1.82) is 0 Å². The fourth-order valence-electron chi connectivity index (χ4n) is 2.22. The van der Waals surface area contributed by atoms with E-state index in [1.165, 1.54) is 0 Å². The van der Waals surface area contributed by atoms with Crippen LogP contribution in [-0.2, 0) is 11.3 Å². The molecule has 5 heteroatoms. The monoisotopic (exact) mass is 236 g/mol. The summed E-state index contributed by atoms with van der Waals surface area (Å²) in [5, 5.41) is 18.8. The van der Waals surface area contributed by atoms with Crippen LogP contribution >= 0.6 is 0 Å². The van der Waals surface area contributed by atoms with Gasteiger partial charge in [-0.15, -0.1) is 0 Å². The fraction of sp³-hybridized carbons (Fsp3) is 0.500. The second-order valence-electron chi connectivity index (χ2n) is 4.58. The summed E-state index contributed by atoms with van der Waals surface area (Å²) in [6, 6.07) is 5.70. The normalized spacial score (nSPS) is 25.0. The summed E-state index contributed by atoms with van der Waals surface area (Å²) < 4.78 is 0. The number of likely N-dealkylation sites (tertiary alicyclic amines) is 1. The highest BCUT2D eigenvalue weighted by Crippen LogP contribution is 2.25. The van der Waals surface area contributed by atoms with Crippen molar-refractivity contribution in [3.8, 4) is 0 Å². The molecule has 0 aromatic carbocycles. The second-order valence-corrected chi connectivity index (χ2v) is 4.58. The summed E-state index contributed by atoms with van der Waals surface area (Å²) in [4.78, 5) is 16.9. The van der Waals surface area contributed by atoms with Crippen molar-refractivity contribution < 1.29 is 15.0 Å². The number of aromatic nitrogens is 1. The van der Waals surface area contributed by atoms with Crippen molar-refractivity contribution in [2.75, 3.05) is 13.1 Å². The number of β-amino-alcohol motifs (C(OH)–C–C–N with tert-alkyl or cyclic N) is 1. The van der Waals surface area contributed by atoms with Crippen LogP contribution in [-0.4, -0.2) is 44.8 Å². The van der Waals surface area contributed by atoms with Gasteiger partial charge < -0.3 is 10.2 Å². The lowest BCUT2D eigenvalue weighted by Gasteiger charge is -2.21. The van der Waals surface area contributed by atoms with Gasteiger partial charge in [0.1, 0.15) is 0 Å². The van der Waals surface area contributed by atoms with Crippen molar-refractivity contribution in [3.63, 3.8) is 0 Å². The number of carboxylic acids is 1. The molecule has 0 bridgehead atoms. The average molecular weight is 236 g/mol. The highest BCUT2D eigenvalue weighted by molar-refractivity contribution is 5.68. The van der Waals surface area contributed by atoms with Gasteiger partial charge >= 0.3 is 5.97 Å². The number of pyridine rings is 1. The Morgan fingerprint density at radius 2 is 2.35 bits per heavy atom. The van der Waals surface area contributed by atoms with E-state index >= 15 is 0 Å². The summed E-state index contributed by atoms with van der Waals surface area (Å²) in [5.74, 6) is -0.952. The molecule has 1 aliphatic heterocycles. The lowest BCUT2D eigenvalue weighted by Crippen LogP contribution is -2.35. The Labute approximate surface area is 99.7 Å². The van der Waals surface area contributed by atoms with Crippen LogP contribution < -0.4 is 0 Å². The van der Waals surface area contributed by atoms with Gasteiger partial charge in [-0.1, -0.05) is 6.07 Å². The van der Waals surface area contributed by atoms with Crippen LogP contribution in [0.4, 0.5) is 0 Å². The number of nitrogens with zero attached hydrogens (tertiary/aromatic N) is 2. The molecule has 1 aliphatic rings. The molecule has 1 aromatic rings. The zero-order valence-corrected chi connectivity index (χ0v) is 9.54. The number of hydrogen-bond donors (Lipinski definition) is 2. The Morgan fingerprint density at radius 1 is 1.53 bits per heavy atom. The molecule has 2 N–H and O–H groups in total. The van der Waals surface area contributed by atoms with Gasteiger partial charge in [-0.05, 0) is 18.6 Å². The van der Waals surface area contributed by atoms with E-state index in [-0.39, 0.29) is 6.42 Å². The Balaban J connectivity index is 1.92. The molecule has 17 heavy (non-hydrogen) atoms. The van der Waals surface area contributed by atoms with Crippen molar-refractivity contribution in [3.05, 3.63) is 30.1 Å². The molecule has 1 atom stereocenters. The minimum Gasteiger partial charge on any atom is -0.481 e. The summed E-state index contributed by atoms with van der Waals surface area (Å²) in [6.45, 7) is 1.76. The first-order valence-electron chi connectivity index (χ1n) is 5.64.